The van der Waals surface area contributed by atoms with Crippen LogP contribution in [0.3, 0.4) is 0 Å². The second-order valence-electron chi connectivity index (χ2n) is 4.31. The Kier molecular flexibility index (Phi) is 4.32. The van der Waals surface area contributed by atoms with E-state index in [9.17, 15) is 4.79 Å². The van der Waals surface area contributed by atoms with Crippen LogP contribution in [-0.4, -0.2) is 17.9 Å². The van der Waals surface area contributed by atoms with Gasteiger partial charge in [0.2, 0.25) is 5.91 Å². The van der Waals surface area contributed by atoms with Crippen molar-refractivity contribution >= 4 is 17.2 Å². The van der Waals surface area contributed by atoms with Crippen LogP contribution in [0.1, 0.15) is 16.0 Å². The van der Waals surface area contributed by atoms with E-state index in [-0.39, 0.29) is 5.91 Å². The average Bonchev–Trinajstić information content (AvgIpc) is 2.92. The van der Waals surface area contributed by atoms with Crippen LogP contribution in [0.15, 0.2) is 41.8 Å². The molecule has 0 N–H and O–H groups in total. The molecule has 0 unspecified atom stereocenters. The van der Waals surface area contributed by atoms with Crippen LogP contribution in [0.25, 0.3) is 0 Å². The Bertz CT molecular complexity index is 582. The Morgan fingerprint density at radius 1 is 1.32 bits per heavy atom. The van der Waals surface area contributed by atoms with Crippen LogP contribution in [0.4, 0.5) is 0 Å². The predicted molar refractivity (Wildman–Crippen MR) is 75.7 cm³/mol. The lowest BCUT2D eigenvalue weighted by molar-refractivity contribution is -0.129. The molecule has 0 saturated carbocycles. The van der Waals surface area contributed by atoms with Gasteiger partial charge in [-0.1, -0.05) is 18.2 Å². The fourth-order valence-electron chi connectivity index (χ4n) is 1.74. The van der Waals surface area contributed by atoms with Crippen LogP contribution >= 0.6 is 11.3 Å². The van der Waals surface area contributed by atoms with Gasteiger partial charge in [-0.25, -0.2) is 0 Å². The number of nitrogens with zero attached hydrogens (tertiary/aromatic N) is 2. The molecule has 0 atom stereocenters. The van der Waals surface area contributed by atoms with Crippen molar-refractivity contribution in [1.29, 1.82) is 5.26 Å². The monoisotopic (exact) mass is 270 g/mol. The standard InChI is InChI=1S/C15H14N2OS/c1-17(15(18)9-14-3-2-8-19-14)11-13-6-4-12(10-16)5-7-13/h2-8H,9,11H2,1H3. The topological polar surface area (TPSA) is 44.1 Å². The summed E-state index contributed by atoms with van der Waals surface area (Å²) >= 11 is 1.60. The summed E-state index contributed by atoms with van der Waals surface area (Å²) in [6.07, 6.45) is 0.449. The third-order valence-corrected chi connectivity index (χ3v) is 3.71. The number of nitriles is 1. The molecule has 96 valence electrons. The number of rotatable bonds is 4. The summed E-state index contributed by atoms with van der Waals surface area (Å²) in [5.41, 5.74) is 1.66. The van der Waals surface area contributed by atoms with Gasteiger partial charge in [0.25, 0.3) is 0 Å². The number of carbonyl (C=O) groups excluding carboxylic acids is 1. The average molecular weight is 270 g/mol. The zero-order valence-electron chi connectivity index (χ0n) is 10.7. The van der Waals surface area contributed by atoms with Crippen molar-refractivity contribution in [1.82, 2.24) is 4.90 Å². The molecule has 0 saturated heterocycles. The summed E-state index contributed by atoms with van der Waals surface area (Å²) in [6.45, 7) is 0.565. The number of amides is 1. The lowest BCUT2D eigenvalue weighted by Crippen LogP contribution is -2.27. The van der Waals surface area contributed by atoms with Gasteiger partial charge in [0, 0.05) is 18.5 Å². The molecule has 1 aromatic heterocycles. The molecule has 0 radical (unpaired) electrons. The van der Waals surface area contributed by atoms with E-state index in [1.165, 1.54) is 0 Å². The number of hydrogen-bond donors (Lipinski definition) is 0. The van der Waals surface area contributed by atoms with E-state index in [2.05, 4.69) is 6.07 Å². The van der Waals surface area contributed by atoms with Gasteiger partial charge < -0.3 is 4.90 Å². The molecule has 0 fully saturated rings. The van der Waals surface area contributed by atoms with Crippen molar-refractivity contribution < 1.29 is 4.79 Å². The normalized spacial score (nSPS) is 9.89. The lowest BCUT2D eigenvalue weighted by atomic mass is 10.1. The third kappa shape index (κ3) is 3.67. The van der Waals surface area contributed by atoms with Gasteiger partial charge in [-0.3, -0.25) is 4.79 Å². The first kappa shape index (κ1) is 13.3. The summed E-state index contributed by atoms with van der Waals surface area (Å²) < 4.78 is 0. The van der Waals surface area contributed by atoms with Crippen molar-refractivity contribution in [2.75, 3.05) is 7.05 Å². The van der Waals surface area contributed by atoms with Gasteiger partial charge in [0.05, 0.1) is 18.1 Å². The molecule has 4 heteroatoms. The summed E-state index contributed by atoms with van der Waals surface area (Å²) in [5.74, 6) is 0.104. The summed E-state index contributed by atoms with van der Waals surface area (Å²) in [7, 11) is 1.80. The van der Waals surface area contributed by atoms with Crippen molar-refractivity contribution in [3.8, 4) is 6.07 Å². The van der Waals surface area contributed by atoms with Crippen LogP contribution in [0.2, 0.25) is 0 Å². The SMILES string of the molecule is CN(Cc1ccc(C#N)cc1)C(=O)Cc1cccs1. The summed E-state index contributed by atoms with van der Waals surface area (Å²) in [6, 6.07) is 13.3. The third-order valence-electron chi connectivity index (χ3n) is 2.83. The highest BCUT2D eigenvalue weighted by Gasteiger charge is 2.10. The fourth-order valence-corrected chi connectivity index (χ4v) is 2.44. The minimum absolute atomic E-state index is 0.104. The highest BCUT2D eigenvalue weighted by atomic mass is 32.1. The molecule has 0 aliphatic rings. The van der Waals surface area contributed by atoms with Crippen LogP contribution in [-0.2, 0) is 17.8 Å². The van der Waals surface area contributed by atoms with E-state index in [1.807, 2.05) is 29.6 Å². The Morgan fingerprint density at radius 3 is 2.63 bits per heavy atom. The molecule has 1 heterocycles. The second kappa shape index (κ2) is 6.17. The zero-order chi connectivity index (χ0) is 13.7. The fraction of sp³-hybridized carbons (Fsp3) is 0.200. The molecule has 0 aliphatic carbocycles. The summed E-state index contributed by atoms with van der Waals surface area (Å²) in [4.78, 5) is 14.8. The summed E-state index contributed by atoms with van der Waals surface area (Å²) in [5, 5.41) is 10.7. The van der Waals surface area contributed by atoms with Crippen LogP contribution in [0.5, 0.6) is 0 Å². The highest BCUT2D eigenvalue weighted by molar-refractivity contribution is 7.10. The predicted octanol–water partition coefficient (Wildman–Crippen LogP) is 2.82. The molecule has 2 rings (SSSR count). The first-order valence-electron chi connectivity index (χ1n) is 5.94. The van der Waals surface area contributed by atoms with E-state index in [4.69, 9.17) is 5.26 Å². The molecular weight excluding hydrogens is 256 g/mol. The highest BCUT2D eigenvalue weighted by Crippen LogP contribution is 2.12. The molecule has 0 spiro atoms. The maximum Gasteiger partial charge on any atom is 0.227 e. The van der Waals surface area contributed by atoms with E-state index in [0.29, 0.717) is 18.5 Å². The number of benzene rings is 1. The van der Waals surface area contributed by atoms with E-state index >= 15 is 0 Å². The van der Waals surface area contributed by atoms with Gasteiger partial charge >= 0.3 is 0 Å². The quantitative estimate of drug-likeness (QED) is 0.857. The van der Waals surface area contributed by atoms with Gasteiger partial charge in [-0.05, 0) is 29.1 Å². The van der Waals surface area contributed by atoms with Crippen LogP contribution < -0.4 is 0 Å². The molecule has 0 aliphatic heterocycles. The van der Waals surface area contributed by atoms with Crippen LogP contribution in [0, 0.1) is 11.3 Å². The number of thiophene rings is 1. The van der Waals surface area contributed by atoms with Crippen molar-refractivity contribution in [2.45, 2.75) is 13.0 Å². The van der Waals surface area contributed by atoms with E-state index < -0.39 is 0 Å². The van der Waals surface area contributed by atoms with E-state index in [1.54, 1.807) is 35.4 Å². The zero-order valence-corrected chi connectivity index (χ0v) is 11.5. The first-order chi connectivity index (χ1) is 9.19. The Labute approximate surface area is 116 Å². The van der Waals surface area contributed by atoms with Gasteiger partial charge in [0.15, 0.2) is 0 Å². The Balaban J connectivity index is 1.94. The number of hydrogen-bond acceptors (Lipinski definition) is 3. The Morgan fingerprint density at radius 2 is 2.05 bits per heavy atom. The van der Waals surface area contributed by atoms with E-state index in [0.717, 1.165) is 10.4 Å². The second-order valence-corrected chi connectivity index (χ2v) is 5.35. The van der Waals surface area contributed by atoms with Gasteiger partial charge in [-0.2, -0.15) is 5.26 Å². The van der Waals surface area contributed by atoms with Crippen molar-refractivity contribution in [3.63, 3.8) is 0 Å². The molecule has 1 aromatic carbocycles. The molecule has 0 bridgehead atoms. The maximum atomic E-state index is 12.0. The maximum absolute atomic E-state index is 12.0. The minimum atomic E-state index is 0.104. The first-order valence-corrected chi connectivity index (χ1v) is 6.82. The molecule has 2 aromatic rings. The lowest BCUT2D eigenvalue weighted by Gasteiger charge is -2.16. The minimum Gasteiger partial charge on any atom is -0.341 e. The smallest absolute Gasteiger partial charge is 0.227 e. The van der Waals surface area contributed by atoms with Gasteiger partial charge in [0.1, 0.15) is 0 Å². The van der Waals surface area contributed by atoms with Crippen molar-refractivity contribution in [3.05, 3.63) is 57.8 Å². The Hall–Kier alpha value is -2.12. The number of carbonyl (C=O) groups is 1. The molecular formula is C15H14N2OS. The molecule has 19 heavy (non-hydrogen) atoms. The molecule has 1 amide bonds. The van der Waals surface area contributed by atoms with Crippen molar-refractivity contribution in [2.24, 2.45) is 0 Å². The molecule has 3 nitrogen and oxygen atoms in total. The largest absolute Gasteiger partial charge is 0.341 e. The van der Waals surface area contributed by atoms with Gasteiger partial charge in [-0.15, -0.1) is 11.3 Å². The number of likely N-dealkylation sites (N-methyl/N-ethyl adjacent to an activating group) is 1.